The third-order valence-corrected chi connectivity index (χ3v) is 6.56. The van der Waals surface area contributed by atoms with Crippen LogP contribution in [-0.2, 0) is 9.47 Å². The van der Waals surface area contributed by atoms with Crippen LogP contribution in [0.15, 0.2) is 30.9 Å². The van der Waals surface area contributed by atoms with Gasteiger partial charge in [-0.05, 0) is 36.5 Å². The maximum absolute atomic E-state index is 11.5. The van der Waals surface area contributed by atoms with Crippen LogP contribution >= 0.6 is 0 Å². The number of methoxy groups -OCH3 is 3. The zero-order valence-electron chi connectivity index (χ0n) is 16.8. The number of allylic oxidation sites excluding steroid dienone is 1. The minimum absolute atomic E-state index is 0.201. The Kier molecular flexibility index (Phi) is 5.76. The number of ether oxygens (including phenoxy) is 4. The van der Waals surface area contributed by atoms with Crippen LogP contribution in [0.2, 0.25) is 0 Å². The van der Waals surface area contributed by atoms with E-state index in [9.17, 15) is 15.3 Å². The second kappa shape index (κ2) is 7.65. The SMILES string of the molecule is C=CCC12CC(OC)C(O)C(O)C1(O)OC(c1ccc(OC)c(OC)c1)C2C. The van der Waals surface area contributed by atoms with Gasteiger partial charge in [0.05, 0.1) is 26.4 Å². The highest BCUT2D eigenvalue weighted by molar-refractivity contribution is 5.44. The van der Waals surface area contributed by atoms with E-state index in [4.69, 9.17) is 18.9 Å². The van der Waals surface area contributed by atoms with E-state index in [1.807, 2.05) is 13.0 Å². The summed E-state index contributed by atoms with van der Waals surface area (Å²) in [4.78, 5) is 0. The van der Waals surface area contributed by atoms with Crippen molar-refractivity contribution in [2.45, 2.75) is 50.0 Å². The molecule has 3 rings (SSSR count). The topological polar surface area (TPSA) is 97.6 Å². The van der Waals surface area contributed by atoms with Crippen molar-refractivity contribution >= 4 is 0 Å². The van der Waals surface area contributed by atoms with Gasteiger partial charge in [-0.25, -0.2) is 0 Å². The highest BCUT2D eigenvalue weighted by atomic mass is 16.7. The highest BCUT2D eigenvalue weighted by Gasteiger charge is 2.71. The Balaban J connectivity index is 2.08. The molecule has 0 radical (unpaired) electrons. The van der Waals surface area contributed by atoms with E-state index in [1.54, 1.807) is 32.4 Å². The number of benzene rings is 1. The molecule has 7 atom stereocenters. The van der Waals surface area contributed by atoms with Gasteiger partial charge in [0.15, 0.2) is 11.5 Å². The third kappa shape index (κ3) is 2.84. The van der Waals surface area contributed by atoms with Crippen molar-refractivity contribution < 1.29 is 34.3 Å². The molecule has 0 spiro atoms. The lowest BCUT2D eigenvalue weighted by molar-refractivity contribution is -0.336. The molecule has 7 unspecified atom stereocenters. The Morgan fingerprint density at radius 3 is 2.46 bits per heavy atom. The first kappa shape index (κ1) is 21.1. The Hall–Kier alpha value is -1.64. The Labute approximate surface area is 165 Å². The second-order valence-corrected chi connectivity index (χ2v) is 7.70. The molecule has 1 saturated carbocycles. The van der Waals surface area contributed by atoms with Crippen molar-refractivity contribution in [2.75, 3.05) is 21.3 Å². The summed E-state index contributed by atoms with van der Waals surface area (Å²) in [7, 11) is 4.60. The van der Waals surface area contributed by atoms with E-state index in [0.717, 1.165) is 5.56 Å². The first-order chi connectivity index (χ1) is 13.3. The largest absolute Gasteiger partial charge is 0.493 e. The monoisotopic (exact) mass is 394 g/mol. The highest BCUT2D eigenvalue weighted by Crippen LogP contribution is 2.63. The minimum atomic E-state index is -1.94. The molecule has 0 bridgehead atoms. The number of hydrogen-bond acceptors (Lipinski definition) is 7. The maximum atomic E-state index is 11.5. The molecule has 2 fully saturated rings. The predicted octanol–water partition coefficient (Wildman–Crippen LogP) is 1.80. The fraction of sp³-hybridized carbons (Fsp3) is 0.619. The lowest BCUT2D eigenvalue weighted by Gasteiger charge is -2.52. The summed E-state index contributed by atoms with van der Waals surface area (Å²) in [5.74, 6) is -1.00. The molecular weight excluding hydrogens is 364 g/mol. The minimum Gasteiger partial charge on any atom is -0.493 e. The van der Waals surface area contributed by atoms with Gasteiger partial charge in [-0.15, -0.1) is 6.58 Å². The lowest BCUT2D eigenvalue weighted by atomic mass is 9.58. The van der Waals surface area contributed by atoms with Crippen LogP contribution in [0.5, 0.6) is 11.5 Å². The van der Waals surface area contributed by atoms with Crippen molar-refractivity contribution in [1.29, 1.82) is 0 Å². The third-order valence-electron chi connectivity index (χ3n) is 6.56. The van der Waals surface area contributed by atoms with Crippen LogP contribution in [-0.4, -0.2) is 60.7 Å². The molecule has 1 aliphatic carbocycles. The van der Waals surface area contributed by atoms with E-state index < -0.39 is 35.6 Å². The number of aliphatic hydroxyl groups is 3. The molecule has 0 aromatic heterocycles. The van der Waals surface area contributed by atoms with Crippen LogP contribution in [0.4, 0.5) is 0 Å². The molecule has 0 amide bonds. The van der Waals surface area contributed by atoms with E-state index >= 15 is 0 Å². The molecule has 1 aromatic carbocycles. The van der Waals surface area contributed by atoms with Crippen molar-refractivity contribution in [3.8, 4) is 11.5 Å². The van der Waals surface area contributed by atoms with Gasteiger partial charge in [0, 0.05) is 12.5 Å². The predicted molar refractivity (Wildman–Crippen MR) is 102 cm³/mol. The summed E-state index contributed by atoms with van der Waals surface area (Å²) in [5, 5.41) is 32.7. The summed E-state index contributed by atoms with van der Waals surface area (Å²) >= 11 is 0. The molecular formula is C21H30O7. The molecule has 1 heterocycles. The zero-order chi connectivity index (χ0) is 20.7. The molecule has 2 aliphatic rings. The number of aliphatic hydroxyl groups excluding tert-OH is 2. The molecule has 7 heteroatoms. The number of hydrogen-bond donors (Lipinski definition) is 3. The van der Waals surface area contributed by atoms with Crippen LogP contribution in [0.25, 0.3) is 0 Å². The first-order valence-electron chi connectivity index (χ1n) is 9.41. The molecule has 156 valence electrons. The number of rotatable bonds is 6. The van der Waals surface area contributed by atoms with Gasteiger partial charge in [0.2, 0.25) is 5.79 Å². The van der Waals surface area contributed by atoms with E-state index in [2.05, 4.69) is 6.58 Å². The van der Waals surface area contributed by atoms with Crippen LogP contribution in [0.1, 0.15) is 31.4 Å². The van der Waals surface area contributed by atoms with E-state index in [1.165, 1.54) is 7.11 Å². The van der Waals surface area contributed by atoms with Crippen molar-refractivity contribution in [3.05, 3.63) is 36.4 Å². The Morgan fingerprint density at radius 1 is 1.21 bits per heavy atom. The normalized spacial score (nSPS) is 40.0. The average Bonchev–Trinajstić information content (AvgIpc) is 2.93. The first-order valence-corrected chi connectivity index (χ1v) is 9.41. The Morgan fingerprint density at radius 2 is 1.89 bits per heavy atom. The van der Waals surface area contributed by atoms with Crippen molar-refractivity contribution in [1.82, 2.24) is 0 Å². The van der Waals surface area contributed by atoms with Gasteiger partial charge in [-0.3, -0.25) is 0 Å². The maximum Gasteiger partial charge on any atom is 0.201 e. The number of fused-ring (bicyclic) bond motifs is 1. The summed E-state index contributed by atoms with van der Waals surface area (Å²) in [6.07, 6.45) is -1.48. The quantitative estimate of drug-likeness (QED) is 0.633. The van der Waals surface area contributed by atoms with Gasteiger partial charge < -0.3 is 34.3 Å². The van der Waals surface area contributed by atoms with Gasteiger partial charge in [-0.2, -0.15) is 0 Å². The van der Waals surface area contributed by atoms with Crippen molar-refractivity contribution in [2.24, 2.45) is 11.3 Å². The summed E-state index contributed by atoms with van der Waals surface area (Å²) in [5.41, 5.74) is -0.0848. The van der Waals surface area contributed by atoms with E-state index in [0.29, 0.717) is 24.3 Å². The standard InChI is InChI=1S/C21H30O7/c1-6-9-20-11-16(27-5)17(22)19(23)21(20,24)28-18(12(20)2)13-7-8-14(25-3)15(10-13)26-4/h6-8,10,12,16-19,22-24H,1,9,11H2,2-5H3. The molecule has 1 saturated heterocycles. The van der Waals surface area contributed by atoms with Crippen molar-refractivity contribution in [3.63, 3.8) is 0 Å². The fourth-order valence-electron chi connectivity index (χ4n) is 4.92. The summed E-state index contributed by atoms with van der Waals surface area (Å²) < 4.78 is 22.2. The smallest absolute Gasteiger partial charge is 0.201 e. The lowest BCUT2D eigenvalue weighted by Crippen LogP contribution is -2.67. The molecule has 7 nitrogen and oxygen atoms in total. The fourth-order valence-corrected chi connectivity index (χ4v) is 4.92. The zero-order valence-corrected chi connectivity index (χ0v) is 16.8. The second-order valence-electron chi connectivity index (χ2n) is 7.70. The molecule has 1 aliphatic heterocycles. The summed E-state index contributed by atoms with van der Waals surface area (Å²) in [6, 6.07) is 5.43. The van der Waals surface area contributed by atoms with Gasteiger partial charge >= 0.3 is 0 Å². The van der Waals surface area contributed by atoms with E-state index in [-0.39, 0.29) is 5.92 Å². The molecule has 3 N–H and O–H groups in total. The molecule has 1 aromatic rings. The van der Waals surface area contributed by atoms with Crippen LogP contribution < -0.4 is 9.47 Å². The van der Waals surface area contributed by atoms with Gasteiger partial charge in [-0.1, -0.05) is 19.1 Å². The average molecular weight is 394 g/mol. The van der Waals surface area contributed by atoms with Gasteiger partial charge in [0.25, 0.3) is 0 Å². The Bertz CT molecular complexity index is 723. The van der Waals surface area contributed by atoms with Crippen LogP contribution in [0.3, 0.4) is 0 Å². The van der Waals surface area contributed by atoms with Gasteiger partial charge in [0.1, 0.15) is 12.2 Å². The molecule has 28 heavy (non-hydrogen) atoms. The summed E-state index contributed by atoms with van der Waals surface area (Å²) in [6.45, 7) is 5.80. The van der Waals surface area contributed by atoms with Crippen LogP contribution in [0, 0.1) is 11.3 Å².